The first-order valence-electron chi connectivity index (χ1n) is 8.32. The van der Waals surface area contributed by atoms with Gasteiger partial charge in [-0.2, -0.15) is 0 Å². The summed E-state index contributed by atoms with van der Waals surface area (Å²) in [4.78, 5) is 12.3. The standard InChI is InChI=1S/C20H24BrNO4/c1-13(15-6-5-7-16(21)12-15)22-18(23)11-9-14-8-10-17(24-2)20(26-4)19(14)25-3/h5-8,10,12-13H,9,11H2,1-4H3,(H,22,23). The van der Waals surface area contributed by atoms with E-state index in [1.54, 1.807) is 21.3 Å². The summed E-state index contributed by atoms with van der Waals surface area (Å²) in [5.41, 5.74) is 1.95. The quantitative estimate of drug-likeness (QED) is 0.690. The van der Waals surface area contributed by atoms with Gasteiger partial charge < -0.3 is 19.5 Å². The lowest BCUT2D eigenvalue weighted by Crippen LogP contribution is -2.26. The number of rotatable bonds is 8. The minimum absolute atomic E-state index is 0.0192. The summed E-state index contributed by atoms with van der Waals surface area (Å²) in [7, 11) is 4.72. The van der Waals surface area contributed by atoms with Gasteiger partial charge in [0.25, 0.3) is 0 Å². The van der Waals surface area contributed by atoms with Crippen LogP contribution >= 0.6 is 15.9 Å². The van der Waals surface area contributed by atoms with Gasteiger partial charge in [-0.1, -0.05) is 34.1 Å². The summed E-state index contributed by atoms with van der Waals surface area (Å²) in [6.45, 7) is 1.97. The predicted molar refractivity (Wildman–Crippen MR) is 105 cm³/mol. The molecule has 2 aromatic carbocycles. The Kier molecular flexibility index (Phi) is 7.33. The van der Waals surface area contributed by atoms with Gasteiger partial charge >= 0.3 is 0 Å². The van der Waals surface area contributed by atoms with E-state index in [1.165, 1.54) is 0 Å². The molecule has 0 aromatic heterocycles. The SMILES string of the molecule is COc1ccc(CCC(=O)NC(C)c2cccc(Br)c2)c(OC)c1OC. The van der Waals surface area contributed by atoms with E-state index in [0.29, 0.717) is 30.1 Å². The van der Waals surface area contributed by atoms with Gasteiger partial charge in [0.15, 0.2) is 11.5 Å². The number of carbonyl (C=O) groups is 1. The van der Waals surface area contributed by atoms with Crippen molar-refractivity contribution < 1.29 is 19.0 Å². The van der Waals surface area contributed by atoms with Crippen molar-refractivity contribution in [2.75, 3.05) is 21.3 Å². The summed E-state index contributed by atoms with van der Waals surface area (Å²) in [5, 5.41) is 3.03. The molecule has 0 aliphatic carbocycles. The van der Waals surface area contributed by atoms with Crippen molar-refractivity contribution in [1.29, 1.82) is 0 Å². The van der Waals surface area contributed by atoms with Crippen LogP contribution in [0.1, 0.15) is 30.5 Å². The van der Waals surface area contributed by atoms with Crippen LogP contribution in [-0.2, 0) is 11.2 Å². The number of aryl methyl sites for hydroxylation is 1. The van der Waals surface area contributed by atoms with Gasteiger partial charge in [0, 0.05) is 10.9 Å². The first-order chi connectivity index (χ1) is 12.5. The zero-order valence-corrected chi connectivity index (χ0v) is 17.1. The first-order valence-corrected chi connectivity index (χ1v) is 9.12. The lowest BCUT2D eigenvalue weighted by molar-refractivity contribution is -0.121. The van der Waals surface area contributed by atoms with Crippen LogP contribution < -0.4 is 19.5 Å². The Balaban J connectivity index is 2.03. The molecule has 0 fully saturated rings. The van der Waals surface area contributed by atoms with E-state index in [0.717, 1.165) is 15.6 Å². The third kappa shape index (κ3) is 4.91. The maximum atomic E-state index is 12.3. The highest BCUT2D eigenvalue weighted by Gasteiger charge is 2.17. The number of methoxy groups -OCH3 is 3. The molecule has 6 heteroatoms. The molecule has 2 rings (SSSR count). The Hall–Kier alpha value is -2.21. The zero-order chi connectivity index (χ0) is 19.1. The molecule has 0 saturated carbocycles. The van der Waals surface area contributed by atoms with Crippen LogP contribution in [0.15, 0.2) is 40.9 Å². The number of halogens is 1. The maximum Gasteiger partial charge on any atom is 0.220 e. The normalized spacial score (nSPS) is 11.6. The lowest BCUT2D eigenvalue weighted by atomic mass is 10.1. The molecule has 0 radical (unpaired) electrons. The van der Waals surface area contributed by atoms with Crippen molar-refractivity contribution in [1.82, 2.24) is 5.32 Å². The zero-order valence-electron chi connectivity index (χ0n) is 15.5. The third-order valence-electron chi connectivity index (χ3n) is 4.13. The van der Waals surface area contributed by atoms with Crippen LogP contribution in [0.4, 0.5) is 0 Å². The predicted octanol–water partition coefficient (Wildman–Crippen LogP) is 4.28. The Bertz CT molecular complexity index is 763. The summed E-state index contributed by atoms with van der Waals surface area (Å²) >= 11 is 3.45. The number of nitrogens with one attached hydrogen (secondary N) is 1. The molecular formula is C20H24BrNO4. The van der Waals surface area contributed by atoms with Crippen LogP contribution in [-0.4, -0.2) is 27.2 Å². The van der Waals surface area contributed by atoms with Gasteiger partial charge in [-0.15, -0.1) is 0 Å². The monoisotopic (exact) mass is 421 g/mol. The molecule has 0 aliphatic heterocycles. The second-order valence-electron chi connectivity index (χ2n) is 5.84. The highest BCUT2D eigenvalue weighted by atomic mass is 79.9. The van der Waals surface area contributed by atoms with Gasteiger partial charge in [-0.3, -0.25) is 4.79 Å². The number of hydrogen-bond donors (Lipinski definition) is 1. The highest BCUT2D eigenvalue weighted by molar-refractivity contribution is 9.10. The minimum Gasteiger partial charge on any atom is -0.493 e. The van der Waals surface area contributed by atoms with Crippen molar-refractivity contribution in [2.45, 2.75) is 25.8 Å². The smallest absolute Gasteiger partial charge is 0.220 e. The van der Waals surface area contributed by atoms with E-state index in [1.807, 2.05) is 43.3 Å². The lowest BCUT2D eigenvalue weighted by Gasteiger charge is -2.17. The van der Waals surface area contributed by atoms with E-state index in [4.69, 9.17) is 14.2 Å². The van der Waals surface area contributed by atoms with Crippen LogP contribution in [0.5, 0.6) is 17.2 Å². The summed E-state index contributed by atoms with van der Waals surface area (Å²) in [6.07, 6.45) is 0.894. The molecule has 1 amide bonds. The van der Waals surface area contributed by atoms with Gasteiger partial charge in [0.2, 0.25) is 11.7 Å². The van der Waals surface area contributed by atoms with E-state index in [9.17, 15) is 4.79 Å². The van der Waals surface area contributed by atoms with E-state index in [-0.39, 0.29) is 11.9 Å². The maximum absolute atomic E-state index is 12.3. The molecule has 5 nitrogen and oxygen atoms in total. The minimum atomic E-state index is -0.0627. The number of carbonyl (C=O) groups excluding carboxylic acids is 1. The van der Waals surface area contributed by atoms with Gasteiger partial charge in [-0.05, 0) is 42.7 Å². The number of amides is 1. The second kappa shape index (κ2) is 9.48. The number of ether oxygens (including phenoxy) is 3. The topological polar surface area (TPSA) is 56.8 Å². The molecule has 0 spiro atoms. The van der Waals surface area contributed by atoms with Gasteiger partial charge in [0.1, 0.15) is 0 Å². The van der Waals surface area contributed by atoms with Crippen molar-refractivity contribution >= 4 is 21.8 Å². The van der Waals surface area contributed by atoms with Crippen molar-refractivity contribution in [2.24, 2.45) is 0 Å². The number of hydrogen-bond acceptors (Lipinski definition) is 4. The van der Waals surface area contributed by atoms with Gasteiger partial charge in [-0.25, -0.2) is 0 Å². The largest absolute Gasteiger partial charge is 0.493 e. The Morgan fingerprint density at radius 2 is 1.81 bits per heavy atom. The average Bonchev–Trinajstić information content (AvgIpc) is 2.65. The molecule has 0 saturated heterocycles. The molecule has 1 N–H and O–H groups in total. The Labute approximate surface area is 162 Å². The molecule has 0 heterocycles. The molecule has 1 unspecified atom stereocenters. The molecule has 0 aliphatic rings. The average molecular weight is 422 g/mol. The molecule has 2 aromatic rings. The van der Waals surface area contributed by atoms with Crippen LogP contribution in [0.25, 0.3) is 0 Å². The van der Waals surface area contributed by atoms with E-state index < -0.39 is 0 Å². The van der Waals surface area contributed by atoms with Crippen molar-refractivity contribution in [3.8, 4) is 17.2 Å². The van der Waals surface area contributed by atoms with Crippen molar-refractivity contribution in [3.05, 3.63) is 52.0 Å². The summed E-state index contributed by atoms with van der Waals surface area (Å²) in [6, 6.07) is 11.6. The summed E-state index contributed by atoms with van der Waals surface area (Å²) < 4.78 is 17.1. The van der Waals surface area contributed by atoms with Gasteiger partial charge in [0.05, 0.1) is 27.4 Å². The molecule has 26 heavy (non-hydrogen) atoms. The highest BCUT2D eigenvalue weighted by Crippen LogP contribution is 2.40. The fourth-order valence-electron chi connectivity index (χ4n) is 2.78. The van der Waals surface area contributed by atoms with Crippen LogP contribution in [0.2, 0.25) is 0 Å². The Morgan fingerprint density at radius 1 is 1.08 bits per heavy atom. The van der Waals surface area contributed by atoms with E-state index >= 15 is 0 Å². The fraction of sp³-hybridized carbons (Fsp3) is 0.350. The number of benzene rings is 2. The third-order valence-corrected chi connectivity index (χ3v) is 4.63. The fourth-order valence-corrected chi connectivity index (χ4v) is 3.20. The second-order valence-corrected chi connectivity index (χ2v) is 6.75. The molecule has 140 valence electrons. The van der Waals surface area contributed by atoms with E-state index in [2.05, 4.69) is 21.2 Å². The molecular weight excluding hydrogens is 398 g/mol. The first kappa shape index (κ1) is 20.1. The van der Waals surface area contributed by atoms with Crippen molar-refractivity contribution in [3.63, 3.8) is 0 Å². The van der Waals surface area contributed by atoms with Crippen LogP contribution in [0, 0.1) is 0 Å². The summed E-state index contributed by atoms with van der Waals surface area (Å²) in [5.74, 6) is 1.71. The molecule has 0 bridgehead atoms. The van der Waals surface area contributed by atoms with Crippen LogP contribution in [0.3, 0.4) is 0 Å². The molecule has 1 atom stereocenters. The Morgan fingerprint density at radius 3 is 2.42 bits per heavy atom.